The van der Waals surface area contributed by atoms with Crippen molar-refractivity contribution < 1.29 is 8.42 Å². The van der Waals surface area contributed by atoms with Gasteiger partial charge in [0.2, 0.25) is 0 Å². The highest BCUT2D eigenvalue weighted by atomic mass is 32.2. The molecule has 0 aliphatic heterocycles. The molecule has 1 rings (SSSR count). The molecule has 1 aromatic carbocycles. The van der Waals surface area contributed by atoms with Gasteiger partial charge in [0.25, 0.3) is 0 Å². The fourth-order valence-electron chi connectivity index (χ4n) is 1.20. The molecule has 0 bridgehead atoms. The van der Waals surface area contributed by atoms with E-state index in [0.29, 0.717) is 5.92 Å². The van der Waals surface area contributed by atoms with Gasteiger partial charge in [-0.2, -0.15) is 0 Å². The van der Waals surface area contributed by atoms with Gasteiger partial charge in [-0.05, 0) is 17.0 Å². The van der Waals surface area contributed by atoms with Gasteiger partial charge in [0.15, 0.2) is 0 Å². The first-order chi connectivity index (χ1) is 6.09. The summed E-state index contributed by atoms with van der Waals surface area (Å²) in [4.78, 5) is 0. The highest BCUT2D eigenvalue weighted by molar-refractivity contribution is 7.71. The Morgan fingerprint density at radius 2 is 2.00 bits per heavy atom. The van der Waals surface area contributed by atoms with E-state index < -0.39 is 10.7 Å². The molecule has 0 unspecified atom stereocenters. The average molecular weight is 198 g/mol. The van der Waals surface area contributed by atoms with E-state index in [1.165, 1.54) is 5.56 Å². The minimum atomic E-state index is -2.31. The Kier molecular flexibility index (Phi) is 3.48. The number of benzene rings is 1. The van der Waals surface area contributed by atoms with Crippen molar-refractivity contribution in [3.8, 4) is 0 Å². The van der Waals surface area contributed by atoms with Crippen molar-refractivity contribution in [2.45, 2.75) is 25.5 Å². The lowest BCUT2D eigenvalue weighted by atomic mass is 10.0. The molecule has 3 heteroatoms. The third-order valence-corrected chi connectivity index (χ3v) is 2.55. The van der Waals surface area contributed by atoms with Gasteiger partial charge in [-0.15, -0.1) is 0 Å². The molecule has 0 fully saturated rings. The summed E-state index contributed by atoms with van der Waals surface area (Å²) in [7, 11) is -2.31. The molecule has 0 amide bonds. The van der Waals surface area contributed by atoms with E-state index in [1.54, 1.807) is 0 Å². The van der Waals surface area contributed by atoms with Crippen LogP contribution in [0, 0.1) is 0 Å². The minimum Gasteiger partial charge on any atom is -0.232 e. The second-order valence-electron chi connectivity index (χ2n) is 3.39. The molecule has 0 atom stereocenters. The van der Waals surface area contributed by atoms with Crippen LogP contribution in [0.1, 0.15) is 30.9 Å². The van der Waals surface area contributed by atoms with Crippen molar-refractivity contribution in [2.75, 3.05) is 0 Å². The Balaban J connectivity index is 2.91. The van der Waals surface area contributed by atoms with Crippen LogP contribution in [-0.2, 0) is 16.5 Å². The monoisotopic (exact) mass is 198 g/mol. The molecule has 0 aromatic heterocycles. The molecule has 2 nitrogen and oxygen atoms in total. The molecule has 0 radical (unpaired) electrons. The highest BCUT2D eigenvalue weighted by Gasteiger charge is 2.00. The van der Waals surface area contributed by atoms with Gasteiger partial charge in [0.05, 0.1) is 5.75 Å². The van der Waals surface area contributed by atoms with Gasteiger partial charge in [0, 0.05) is 0 Å². The summed E-state index contributed by atoms with van der Waals surface area (Å²) < 4.78 is 21.0. The molecular formula is C10H14O2S. The van der Waals surface area contributed by atoms with Crippen LogP contribution in [0.4, 0.5) is 0 Å². The Morgan fingerprint density at radius 1 is 1.31 bits per heavy atom. The first kappa shape index (κ1) is 10.3. The molecule has 72 valence electrons. The topological polar surface area (TPSA) is 34.1 Å². The summed E-state index contributed by atoms with van der Waals surface area (Å²) in [6, 6.07) is 7.72. The summed E-state index contributed by atoms with van der Waals surface area (Å²) in [6.45, 7) is 4.19. The van der Waals surface area contributed by atoms with Crippen LogP contribution in [0.3, 0.4) is 0 Å². The Hall–Kier alpha value is -0.830. The maximum absolute atomic E-state index is 10.5. The molecule has 0 heterocycles. The molecule has 0 aliphatic carbocycles. The Morgan fingerprint density at radius 3 is 2.54 bits per heavy atom. The molecule has 13 heavy (non-hydrogen) atoms. The predicted molar refractivity (Wildman–Crippen MR) is 54.5 cm³/mol. The van der Waals surface area contributed by atoms with E-state index >= 15 is 0 Å². The number of hydrogen-bond donors (Lipinski definition) is 1. The van der Waals surface area contributed by atoms with Crippen LogP contribution in [0.25, 0.3) is 0 Å². The molecular weight excluding hydrogens is 184 g/mol. The van der Waals surface area contributed by atoms with Crippen molar-refractivity contribution in [1.82, 2.24) is 0 Å². The lowest BCUT2D eigenvalue weighted by molar-refractivity contribution is 0.614. The number of rotatable bonds is 3. The van der Waals surface area contributed by atoms with Crippen LogP contribution in [0.5, 0.6) is 0 Å². The second-order valence-corrected chi connectivity index (χ2v) is 4.37. The maximum atomic E-state index is 10.5. The van der Waals surface area contributed by atoms with Crippen LogP contribution in [0.15, 0.2) is 24.3 Å². The molecule has 1 aromatic rings. The molecule has 0 saturated carbocycles. The first-order valence-electron chi connectivity index (χ1n) is 4.30. The SMILES string of the molecule is CC(C)c1cccc(C[SH](=O)=O)c1. The van der Waals surface area contributed by atoms with Crippen molar-refractivity contribution in [2.24, 2.45) is 0 Å². The van der Waals surface area contributed by atoms with Crippen LogP contribution in [-0.4, -0.2) is 8.42 Å². The predicted octanol–water partition coefficient (Wildman–Crippen LogP) is 1.92. The van der Waals surface area contributed by atoms with E-state index in [2.05, 4.69) is 13.8 Å². The van der Waals surface area contributed by atoms with E-state index in [4.69, 9.17) is 0 Å². The standard InChI is InChI=1S/C10H14O2S/c1-8(2)10-5-3-4-9(6-10)7-13(11)12/h3-6,8,13H,7H2,1-2H3. The van der Waals surface area contributed by atoms with Crippen molar-refractivity contribution in [3.63, 3.8) is 0 Å². The van der Waals surface area contributed by atoms with Crippen LogP contribution < -0.4 is 0 Å². The summed E-state index contributed by atoms with van der Waals surface area (Å²) in [6.07, 6.45) is 0. The quantitative estimate of drug-likeness (QED) is 0.753. The number of thiol groups is 1. The number of hydrogen-bond acceptors (Lipinski definition) is 2. The zero-order valence-electron chi connectivity index (χ0n) is 7.86. The third kappa shape index (κ3) is 3.19. The smallest absolute Gasteiger partial charge is 0.144 e. The summed E-state index contributed by atoms with van der Waals surface area (Å²) >= 11 is 0. The molecule has 0 N–H and O–H groups in total. The molecule has 0 aliphatic rings. The maximum Gasteiger partial charge on any atom is 0.144 e. The van der Waals surface area contributed by atoms with E-state index in [0.717, 1.165) is 5.56 Å². The van der Waals surface area contributed by atoms with Gasteiger partial charge in [0.1, 0.15) is 10.7 Å². The Bertz CT molecular complexity index is 346. The van der Waals surface area contributed by atoms with Gasteiger partial charge in [-0.3, -0.25) is 0 Å². The van der Waals surface area contributed by atoms with Gasteiger partial charge >= 0.3 is 0 Å². The Labute approximate surface area is 80.5 Å². The van der Waals surface area contributed by atoms with E-state index in [1.807, 2.05) is 24.3 Å². The van der Waals surface area contributed by atoms with Crippen LogP contribution >= 0.6 is 0 Å². The molecule has 0 saturated heterocycles. The summed E-state index contributed by atoms with van der Waals surface area (Å²) in [5.74, 6) is 0.597. The van der Waals surface area contributed by atoms with E-state index in [-0.39, 0.29) is 5.75 Å². The fraction of sp³-hybridized carbons (Fsp3) is 0.400. The van der Waals surface area contributed by atoms with E-state index in [9.17, 15) is 8.42 Å². The zero-order chi connectivity index (χ0) is 9.84. The second kappa shape index (κ2) is 4.42. The summed E-state index contributed by atoms with van der Waals surface area (Å²) in [5.41, 5.74) is 2.07. The van der Waals surface area contributed by atoms with Crippen LogP contribution in [0.2, 0.25) is 0 Å². The zero-order valence-corrected chi connectivity index (χ0v) is 8.75. The summed E-state index contributed by atoms with van der Waals surface area (Å²) in [5, 5.41) is 0. The first-order valence-corrected chi connectivity index (χ1v) is 5.66. The molecule has 0 spiro atoms. The highest BCUT2D eigenvalue weighted by Crippen LogP contribution is 2.15. The van der Waals surface area contributed by atoms with Crippen molar-refractivity contribution >= 4 is 10.7 Å². The van der Waals surface area contributed by atoms with Crippen molar-refractivity contribution in [1.29, 1.82) is 0 Å². The third-order valence-electron chi connectivity index (χ3n) is 1.93. The van der Waals surface area contributed by atoms with Crippen molar-refractivity contribution in [3.05, 3.63) is 35.4 Å². The largest absolute Gasteiger partial charge is 0.232 e. The fourth-order valence-corrected chi connectivity index (χ4v) is 1.69. The normalized spacial score (nSPS) is 11.1. The van der Waals surface area contributed by atoms with Gasteiger partial charge in [-0.1, -0.05) is 38.1 Å². The van der Waals surface area contributed by atoms with Gasteiger partial charge in [-0.25, -0.2) is 8.42 Å². The average Bonchev–Trinajstić information content (AvgIpc) is 2.03. The lowest BCUT2D eigenvalue weighted by Crippen LogP contribution is -1.91. The lowest BCUT2D eigenvalue weighted by Gasteiger charge is -2.05. The minimum absolute atomic E-state index is 0.149. The van der Waals surface area contributed by atoms with Gasteiger partial charge < -0.3 is 0 Å².